The first-order valence-electron chi connectivity index (χ1n) is 6.04. The highest BCUT2D eigenvalue weighted by Gasteiger charge is 2.12. The van der Waals surface area contributed by atoms with Crippen molar-refractivity contribution in [2.24, 2.45) is 5.73 Å². The van der Waals surface area contributed by atoms with Crippen LogP contribution in [-0.4, -0.2) is 18.1 Å². The standard InChI is InChI=1S/C14H22N2O2/c1-10-6-5-7-11(8-16-14(2,3)4)13(10)18-9-12(15)17/h5-7,16H,8-9H2,1-4H3,(H2,15,17). The molecule has 100 valence electrons. The number of ether oxygens (including phenoxy) is 1. The first-order chi connectivity index (χ1) is 8.29. The quantitative estimate of drug-likeness (QED) is 0.836. The van der Waals surface area contributed by atoms with E-state index in [1.807, 2.05) is 25.1 Å². The van der Waals surface area contributed by atoms with Crippen molar-refractivity contribution in [1.29, 1.82) is 0 Å². The van der Waals surface area contributed by atoms with Crippen molar-refractivity contribution >= 4 is 5.91 Å². The second-order valence-electron chi connectivity index (χ2n) is 5.42. The summed E-state index contributed by atoms with van der Waals surface area (Å²) < 4.78 is 5.48. The molecule has 0 aliphatic rings. The van der Waals surface area contributed by atoms with Crippen molar-refractivity contribution < 1.29 is 9.53 Å². The Balaban J connectivity index is 2.83. The SMILES string of the molecule is Cc1cccc(CNC(C)(C)C)c1OCC(N)=O. The monoisotopic (exact) mass is 250 g/mol. The predicted octanol–water partition coefficient (Wildman–Crippen LogP) is 1.75. The van der Waals surface area contributed by atoms with Crippen LogP contribution in [0.1, 0.15) is 31.9 Å². The van der Waals surface area contributed by atoms with E-state index in [9.17, 15) is 4.79 Å². The van der Waals surface area contributed by atoms with Gasteiger partial charge in [0.1, 0.15) is 5.75 Å². The molecular weight excluding hydrogens is 228 g/mol. The molecule has 0 radical (unpaired) electrons. The van der Waals surface area contributed by atoms with Crippen molar-refractivity contribution in [3.63, 3.8) is 0 Å². The van der Waals surface area contributed by atoms with E-state index in [1.165, 1.54) is 0 Å². The number of primary amides is 1. The Morgan fingerprint density at radius 1 is 1.39 bits per heavy atom. The summed E-state index contributed by atoms with van der Waals surface area (Å²) in [5.41, 5.74) is 7.17. The van der Waals surface area contributed by atoms with Crippen LogP contribution in [0.15, 0.2) is 18.2 Å². The molecule has 0 unspecified atom stereocenters. The molecule has 18 heavy (non-hydrogen) atoms. The van der Waals surface area contributed by atoms with Crippen molar-refractivity contribution in [3.05, 3.63) is 29.3 Å². The van der Waals surface area contributed by atoms with E-state index in [-0.39, 0.29) is 12.1 Å². The van der Waals surface area contributed by atoms with Crippen LogP contribution < -0.4 is 15.8 Å². The number of hydrogen-bond acceptors (Lipinski definition) is 3. The lowest BCUT2D eigenvalue weighted by atomic mass is 10.1. The van der Waals surface area contributed by atoms with Gasteiger partial charge in [0.2, 0.25) is 0 Å². The van der Waals surface area contributed by atoms with Crippen molar-refractivity contribution in [1.82, 2.24) is 5.32 Å². The summed E-state index contributed by atoms with van der Waals surface area (Å²) in [6.07, 6.45) is 0. The molecule has 0 saturated carbocycles. The van der Waals surface area contributed by atoms with Gasteiger partial charge < -0.3 is 15.8 Å². The molecule has 0 aliphatic carbocycles. The molecule has 0 saturated heterocycles. The number of benzene rings is 1. The fraction of sp³-hybridized carbons (Fsp3) is 0.500. The zero-order valence-electron chi connectivity index (χ0n) is 11.5. The molecule has 4 heteroatoms. The highest BCUT2D eigenvalue weighted by molar-refractivity contribution is 5.75. The number of hydrogen-bond donors (Lipinski definition) is 2. The van der Waals surface area contributed by atoms with Crippen LogP contribution >= 0.6 is 0 Å². The number of rotatable bonds is 5. The molecule has 0 aromatic heterocycles. The van der Waals surface area contributed by atoms with Crippen molar-refractivity contribution in [2.75, 3.05) is 6.61 Å². The number of para-hydroxylation sites is 1. The van der Waals surface area contributed by atoms with Gasteiger partial charge in [-0.2, -0.15) is 0 Å². The average Bonchev–Trinajstić information content (AvgIpc) is 2.23. The van der Waals surface area contributed by atoms with E-state index >= 15 is 0 Å². The Bertz CT molecular complexity index is 422. The van der Waals surface area contributed by atoms with Crippen LogP contribution in [0, 0.1) is 6.92 Å². The molecule has 1 aromatic rings. The Hall–Kier alpha value is -1.55. The van der Waals surface area contributed by atoms with Gasteiger partial charge in [-0.15, -0.1) is 0 Å². The lowest BCUT2D eigenvalue weighted by molar-refractivity contribution is -0.119. The largest absolute Gasteiger partial charge is 0.483 e. The lowest BCUT2D eigenvalue weighted by Gasteiger charge is -2.22. The summed E-state index contributed by atoms with van der Waals surface area (Å²) in [7, 11) is 0. The summed E-state index contributed by atoms with van der Waals surface area (Å²) in [5, 5.41) is 3.40. The third-order valence-electron chi connectivity index (χ3n) is 2.46. The van der Waals surface area contributed by atoms with Gasteiger partial charge in [-0.3, -0.25) is 4.79 Å². The average molecular weight is 250 g/mol. The van der Waals surface area contributed by atoms with Crippen LogP contribution in [-0.2, 0) is 11.3 Å². The Morgan fingerprint density at radius 3 is 2.61 bits per heavy atom. The molecular formula is C14H22N2O2. The molecule has 4 nitrogen and oxygen atoms in total. The zero-order chi connectivity index (χ0) is 13.8. The first-order valence-corrected chi connectivity index (χ1v) is 6.04. The Morgan fingerprint density at radius 2 is 2.06 bits per heavy atom. The summed E-state index contributed by atoms with van der Waals surface area (Å²) in [4.78, 5) is 10.8. The van der Waals surface area contributed by atoms with Gasteiger partial charge in [0.25, 0.3) is 5.91 Å². The van der Waals surface area contributed by atoms with E-state index in [0.717, 1.165) is 16.9 Å². The summed E-state index contributed by atoms with van der Waals surface area (Å²) in [6.45, 7) is 8.87. The Kier molecular flexibility index (Phi) is 4.73. The van der Waals surface area contributed by atoms with Crippen LogP contribution in [0.25, 0.3) is 0 Å². The van der Waals surface area contributed by atoms with E-state index in [1.54, 1.807) is 0 Å². The highest BCUT2D eigenvalue weighted by Crippen LogP contribution is 2.23. The molecule has 0 heterocycles. The molecule has 1 amide bonds. The Labute approximate surface area is 109 Å². The van der Waals surface area contributed by atoms with Gasteiger partial charge >= 0.3 is 0 Å². The van der Waals surface area contributed by atoms with E-state index in [2.05, 4.69) is 26.1 Å². The summed E-state index contributed by atoms with van der Waals surface area (Å²) in [5.74, 6) is 0.279. The maximum Gasteiger partial charge on any atom is 0.255 e. The maximum absolute atomic E-state index is 10.8. The number of nitrogens with two attached hydrogens (primary N) is 1. The number of carbonyl (C=O) groups is 1. The molecule has 0 bridgehead atoms. The third kappa shape index (κ3) is 4.75. The number of amides is 1. The minimum Gasteiger partial charge on any atom is -0.483 e. The third-order valence-corrected chi connectivity index (χ3v) is 2.46. The van der Waals surface area contributed by atoms with Gasteiger partial charge in [-0.25, -0.2) is 0 Å². The molecule has 0 atom stereocenters. The molecule has 1 rings (SSSR count). The molecule has 3 N–H and O–H groups in total. The number of carbonyl (C=O) groups excluding carboxylic acids is 1. The van der Waals surface area contributed by atoms with E-state index in [0.29, 0.717) is 6.54 Å². The minimum absolute atomic E-state index is 0.0324. The van der Waals surface area contributed by atoms with Gasteiger partial charge in [-0.05, 0) is 33.3 Å². The maximum atomic E-state index is 10.8. The van der Waals surface area contributed by atoms with Crippen molar-refractivity contribution in [2.45, 2.75) is 39.8 Å². The predicted molar refractivity (Wildman–Crippen MR) is 72.5 cm³/mol. The topological polar surface area (TPSA) is 64.3 Å². The van der Waals surface area contributed by atoms with E-state index in [4.69, 9.17) is 10.5 Å². The fourth-order valence-electron chi connectivity index (χ4n) is 1.56. The number of aryl methyl sites for hydroxylation is 1. The second-order valence-corrected chi connectivity index (χ2v) is 5.42. The first kappa shape index (κ1) is 14.5. The molecule has 0 spiro atoms. The second kappa shape index (κ2) is 5.87. The van der Waals surface area contributed by atoms with Crippen LogP contribution in [0.2, 0.25) is 0 Å². The summed E-state index contributed by atoms with van der Waals surface area (Å²) in [6, 6.07) is 5.92. The number of nitrogens with one attached hydrogen (secondary N) is 1. The van der Waals surface area contributed by atoms with Gasteiger partial charge in [-0.1, -0.05) is 18.2 Å². The van der Waals surface area contributed by atoms with Crippen LogP contribution in [0.4, 0.5) is 0 Å². The van der Waals surface area contributed by atoms with Crippen LogP contribution in [0.5, 0.6) is 5.75 Å². The molecule has 0 fully saturated rings. The van der Waals surface area contributed by atoms with Crippen molar-refractivity contribution in [3.8, 4) is 5.75 Å². The van der Waals surface area contributed by atoms with E-state index < -0.39 is 5.91 Å². The molecule has 1 aromatic carbocycles. The summed E-state index contributed by atoms with van der Waals surface area (Å²) >= 11 is 0. The normalized spacial score (nSPS) is 11.3. The zero-order valence-corrected chi connectivity index (χ0v) is 11.5. The highest BCUT2D eigenvalue weighted by atomic mass is 16.5. The molecule has 0 aliphatic heterocycles. The minimum atomic E-state index is -0.465. The lowest BCUT2D eigenvalue weighted by Crippen LogP contribution is -2.35. The fourth-order valence-corrected chi connectivity index (χ4v) is 1.56. The van der Waals surface area contributed by atoms with Gasteiger partial charge in [0.05, 0.1) is 0 Å². The van der Waals surface area contributed by atoms with Gasteiger partial charge in [0, 0.05) is 17.6 Å². The smallest absolute Gasteiger partial charge is 0.255 e. The van der Waals surface area contributed by atoms with Gasteiger partial charge in [0.15, 0.2) is 6.61 Å². The van der Waals surface area contributed by atoms with Crippen LogP contribution in [0.3, 0.4) is 0 Å².